The number of carbonyl (C=O) groups excluding carboxylic acids is 2. The number of hydrogen-bond acceptors (Lipinski definition) is 5. The van der Waals surface area contributed by atoms with Crippen molar-refractivity contribution in [2.75, 3.05) is 38.2 Å². The molecule has 0 saturated carbocycles. The van der Waals surface area contributed by atoms with E-state index in [9.17, 15) is 14.0 Å². The monoisotopic (exact) mass is 488 g/mol. The second kappa shape index (κ2) is 10.8. The molecule has 182 valence electrons. The standard InChI is InChI=1S/C25H30ClFN4O3/c1-16-13-30(5-6-31(16)25(33)18-4-3-7-34-15-18)14-20-8-21(26)10-23(17(20)2)29-24(32)19-9-22(27)12-28-11-19/h8-12,16,18H,3-7,13-15H2,1-2H3,(H,29,32)/t16-,18-/m0/s1. The van der Waals surface area contributed by atoms with Crippen LogP contribution in [0.4, 0.5) is 10.1 Å². The molecule has 0 bridgehead atoms. The summed E-state index contributed by atoms with van der Waals surface area (Å²) in [6.45, 7) is 8.10. The van der Waals surface area contributed by atoms with Gasteiger partial charge in [-0.05, 0) is 56.0 Å². The number of piperazine rings is 1. The first-order valence-corrected chi connectivity index (χ1v) is 12.0. The van der Waals surface area contributed by atoms with Gasteiger partial charge in [-0.25, -0.2) is 4.39 Å². The minimum Gasteiger partial charge on any atom is -0.381 e. The molecule has 2 fully saturated rings. The number of anilines is 1. The molecule has 2 aliphatic heterocycles. The topological polar surface area (TPSA) is 74.8 Å². The van der Waals surface area contributed by atoms with Gasteiger partial charge in [-0.15, -0.1) is 0 Å². The molecule has 4 rings (SSSR count). The summed E-state index contributed by atoms with van der Waals surface area (Å²) in [6, 6.07) is 4.83. The van der Waals surface area contributed by atoms with Gasteiger partial charge in [0.1, 0.15) is 5.82 Å². The molecule has 0 aliphatic carbocycles. The summed E-state index contributed by atoms with van der Waals surface area (Å²) in [4.78, 5) is 33.6. The molecule has 2 aromatic rings. The van der Waals surface area contributed by atoms with Crippen molar-refractivity contribution in [2.45, 2.75) is 39.3 Å². The second-order valence-electron chi connectivity index (χ2n) is 9.11. The Labute approximate surface area is 204 Å². The Bertz CT molecular complexity index is 1060. The van der Waals surface area contributed by atoms with Gasteiger partial charge >= 0.3 is 0 Å². The molecule has 1 N–H and O–H groups in total. The molecule has 7 nitrogen and oxygen atoms in total. The molecule has 0 spiro atoms. The van der Waals surface area contributed by atoms with E-state index in [1.807, 2.05) is 17.9 Å². The van der Waals surface area contributed by atoms with Gasteiger partial charge in [-0.3, -0.25) is 19.5 Å². The van der Waals surface area contributed by atoms with E-state index in [2.05, 4.69) is 22.1 Å². The Morgan fingerprint density at radius 2 is 2.09 bits per heavy atom. The first-order chi connectivity index (χ1) is 16.3. The molecule has 0 unspecified atom stereocenters. The van der Waals surface area contributed by atoms with Gasteiger partial charge in [0, 0.05) is 55.7 Å². The number of ether oxygens (including phenoxy) is 1. The largest absolute Gasteiger partial charge is 0.381 e. The summed E-state index contributed by atoms with van der Waals surface area (Å²) < 4.78 is 19.0. The van der Waals surface area contributed by atoms with Crippen molar-refractivity contribution < 1.29 is 18.7 Å². The van der Waals surface area contributed by atoms with Gasteiger partial charge < -0.3 is 15.0 Å². The van der Waals surface area contributed by atoms with Crippen molar-refractivity contribution in [3.05, 3.63) is 58.1 Å². The summed E-state index contributed by atoms with van der Waals surface area (Å²) in [5, 5.41) is 3.33. The van der Waals surface area contributed by atoms with E-state index in [4.69, 9.17) is 16.3 Å². The van der Waals surface area contributed by atoms with Crippen LogP contribution in [0.5, 0.6) is 0 Å². The highest BCUT2D eigenvalue weighted by Gasteiger charge is 2.33. The van der Waals surface area contributed by atoms with Crippen LogP contribution in [0.3, 0.4) is 0 Å². The third kappa shape index (κ3) is 5.74. The molecule has 34 heavy (non-hydrogen) atoms. The molecular weight excluding hydrogens is 459 g/mol. The van der Waals surface area contributed by atoms with Gasteiger partial charge in [-0.2, -0.15) is 0 Å². The fraction of sp³-hybridized carbons (Fsp3) is 0.480. The highest BCUT2D eigenvalue weighted by molar-refractivity contribution is 6.31. The predicted molar refractivity (Wildman–Crippen MR) is 128 cm³/mol. The number of carbonyl (C=O) groups is 2. The van der Waals surface area contributed by atoms with Crippen LogP contribution >= 0.6 is 11.6 Å². The Balaban J connectivity index is 1.41. The number of aromatic nitrogens is 1. The van der Waals surface area contributed by atoms with Crippen LogP contribution in [0.15, 0.2) is 30.6 Å². The predicted octanol–water partition coefficient (Wildman–Crippen LogP) is 3.89. The normalized spacial score (nSPS) is 21.4. The number of amides is 2. The van der Waals surface area contributed by atoms with Crippen molar-refractivity contribution in [3.8, 4) is 0 Å². The molecule has 0 radical (unpaired) electrons. The maximum Gasteiger partial charge on any atom is 0.257 e. The zero-order valence-electron chi connectivity index (χ0n) is 19.5. The Kier molecular flexibility index (Phi) is 7.80. The first kappa shape index (κ1) is 24.6. The number of hydrogen-bond donors (Lipinski definition) is 1. The average Bonchev–Trinajstić information content (AvgIpc) is 2.82. The number of nitrogens with one attached hydrogen (secondary N) is 1. The molecule has 9 heteroatoms. The Hall–Kier alpha value is -2.55. The minimum absolute atomic E-state index is 0.0302. The summed E-state index contributed by atoms with van der Waals surface area (Å²) in [7, 11) is 0. The highest BCUT2D eigenvalue weighted by atomic mass is 35.5. The molecular formula is C25H30ClFN4O3. The van der Waals surface area contributed by atoms with E-state index in [1.165, 1.54) is 6.20 Å². The number of benzene rings is 1. The number of rotatable bonds is 5. The van der Waals surface area contributed by atoms with Crippen molar-refractivity contribution in [2.24, 2.45) is 5.92 Å². The number of nitrogens with zero attached hydrogens (tertiary/aromatic N) is 3. The Morgan fingerprint density at radius 3 is 2.79 bits per heavy atom. The number of halogens is 2. The smallest absolute Gasteiger partial charge is 0.257 e. The van der Waals surface area contributed by atoms with Crippen LogP contribution in [0, 0.1) is 18.7 Å². The molecule has 1 aromatic heterocycles. The van der Waals surface area contributed by atoms with Crippen LogP contribution in [0.2, 0.25) is 5.02 Å². The molecule has 1 aromatic carbocycles. The third-order valence-corrected chi connectivity index (χ3v) is 6.81. The summed E-state index contributed by atoms with van der Waals surface area (Å²) >= 11 is 6.37. The zero-order chi connectivity index (χ0) is 24.2. The van der Waals surface area contributed by atoms with E-state index in [0.717, 1.165) is 55.9 Å². The second-order valence-corrected chi connectivity index (χ2v) is 9.55. The Morgan fingerprint density at radius 1 is 1.26 bits per heavy atom. The van der Waals surface area contributed by atoms with Crippen LogP contribution < -0.4 is 5.32 Å². The van der Waals surface area contributed by atoms with Gasteiger partial charge in [-0.1, -0.05) is 11.6 Å². The van der Waals surface area contributed by atoms with Crippen molar-refractivity contribution in [1.82, 2.24) is 14.8 Å². The van der Waals surface area contributed by atoms with Crippen molar-refractivity contribution in [3.63, 3.8) is 0 Å². The summed E-state index contributed by atoms with van der Waals surface area (Å²) in [5.41, 5.74) is 2.61. The lowest BCUT2D eigenvalue weighted by atomic mass is 9.99. The molecule has 2 amide bonds. The quantitative estimate of drug-likeness (QED) is 0.691. The van der Waals surface area contributed by atoms with Crippen LogP contribution in [0.1, 0.15) is 41.3 Å². The van der Waals surface area contributed by atoms with Crippen molar-refractivity contribution in [1.29, 1.82) is 0 Å². The average molecular weight is 489 g/mol. The van der Waals surface area contributed by atoms with Gasteiger partial charge in [0.25, 0.3) is 5.91 Å². The maximum atomic E-state index is 13.4. The highest BCUT2D eigenvalue weighted by Crippen LogP contribution is 2.28. The maximum absolute atomic E-state index is 13.4. The summed E-state index contributed by atoms with van der Waals surface area (Å²) in [6.07, 6.45) is 4.21. The van der Waals surface area contributed by atoms with Gasteiger partial charge in [0.05, 0.1) is 24.3 Å². The molecule has 3 heterocycles. The van der Waals surface area contributed by atoms with Crippen LogP contribution in [0.25, 0.3) is 0 Å². The van der Waals surface area contributed by atoms with E-state index in [0.29, 0.717) is 30.4 Å². The third-order valence-electron chi connectivity index (χ3n) is 6.59. The first-order valence-electron chi connectivity index (χ1n) is 11.6. The lowest BCUT2D eigenvalue weighted by Crippen LogP contribution is -2.55. The fourth-order valence-electron chi connectivity index (χ4n) is 4.68. The lowest BCUT2D eigenvalue weighted by Gasteiger charge is -2.42. The van der Waals surface area contributed by atoms with Crippen LogP contribution in [-0.4, -0.2) is 65.5 Å². The zero-order valence-corrected chi connectivity index (χ0v) is 20.3. The fourth-order valence-corrected chi connectivity index (χ4v) is 4.92. The lowest BCUT2D eigenvalue weighted by molar-refractivity contribution is -0.144. The SMILES string of the molecule is Cc1c(CN2CCN(C(=O)[C@H]3CCCOC3)[C@@H](C)C2)cc(Cl)cc1NC(=O)c1cncc(F)c1. The molecule has 2 atom stereocenters. The van der Waals surface area contributed by atoms with E-state index >= 15 is 0 Å². The van der Waals surface area contributed by atoms with Gasteiger partial charge in [0.15, 0.2) is 0 Å². The molecule has 2 aliphatic rings. The number of pyridine rings is 1. The van der Waals surface area contributed by atoms with E-state index in [1.54, 1.807) is 6.07 Å². The van der Waals surface area contributed by atoms with Crippen molar-refractivity contribution >= 4 is 29.1 Å². The van der Waals surface area contributed by atoms with Crippen LogP contribution in [-0.2, 0) is 16.1 Å². The van der Waals surface area contributed by atoms with E-state index < -0.39 is 11.7 Å². The van der Waals surface area contributed by atoms with Gasteiger partial charge in [0.2, 0.25) is 5.91 Å². The molecule has 2 saturated heterocycles. The summed E-state index contributed by atoms with van der Waals surface area (Å²) in [5.74, 6) is -0.852. The van der Waals surface area contributed by atoms with E-state index in [-0.39, 0.29) is 23.4 Å². The minimum atomic E-state index is -0.570.